The second-order valence-corrected chi connectivity index (χ2v) is 2.68. The van der Waals surface area contributed by atoms with Crippen molar-refractivity contribution in [1.82, 2.24) is 0 Å². The van der Waals surface area contributed by atoms with Crippen LogP contribution in [0.25, 0.3) is 0 Å². The molecular weight excluding hydrogens is 225 g/mol. The molecule has 0 unspecified atom stereocenters. The minimum Gasteiger partial charge on any atom is -0.206 e. The van der Waals surface area contributed by atoms with Crippen LogP contribution in [0.3, 0.4) is 0 Å². The van der Waals surface area contributed by atoms with Crippen LogP contribution in [-0.4, -0.2) is 0 Å². The molecule has 0 atom stereocenters. The normalized spacial score (nSPS) is 12.8. The monoisotopic (exact) mass is 228 g/mol. The summed E-state index contributed by atoms with van der Waals surface area (Å²) in [6, 6.07) is -1.34. The fraction of sp³-hybridized carbons (Fsp3) is 0. The van der Waals surface area contributed by atoms with Crippen molar-refractivity contribution in [2.24, 2.45) is 0 Å². The molecule has 0 aromatic heterocycles. The Kier molecular flexibility index (Phi) is 1.56. The number of hydrogen-bond donors (Lipinski definition) is 0. The number of rotatable bonds is 0. The second-order valence-electron chi connectivity index (χ2n) is 1.51. The van der Waals surface area contributed by atoms with Crippen molar-refractivity contribution in [1.29, 1.82) is 0 Å². The van der Waals surface area contributed by atoms with Crippen LogP contribution < -0.4 is 0 Å². The van der Waals surface area contributed by atoms with Crippen molar-refractivity contribution in [3.05, 3.63) is 33.2 Å². The molecular formula is C6H2BrClF2. The summed E-state index contributed by atoms with van der Waals surface area (Å²) in [7, 11) is 0. The number of hydrogen-bond acceptors (Lipinski definition) is 0. The van der Waals surface area contributed by atoms with Crippen LogP contribution in [0.1, 0.15) is 2.74 Å². The van der Waals surface area contributed by atoms with Gasteiger partial charge in [-0.25, -0.2) is 8.78 Å². The van der Waals surface area contributed by atoms with Gasteiger partial charge in [0, 0.05) is 5.02 Å². The molecule has 54 valence electrons. The zero-order valence-electron chi connectivity index (χ0n) is 6.51. The second kappa shape index (κ2) is 2.84. The molecule has 0 nitrogen and oxygen atoms in total. The molecule has 0 aliphatic heterocycles. The van der Waals surface area contributed by atoms with Crippen molar-refractivity contribution < 1.29 is 11.5 Å². The zero-order chi connectivity index (χ0) is 9.46. The van der Waals surface area contributed by atoms with Crippen LogP contribution in [0.5, 0.6) is 0 Å². The average molecular weight is 229 g/mol. The largest absolute Gasteiger partial charge is 0.206 e. The summed E-state index contributed by atoms with van der Waals surface area (Å²) in [6.07, 6.45) is 0. The molecule has 0 N–H and O–H groups in total. The molecule has 1 aromatic carbocycles. The molecule has 0 heterocycles. The Labute approximate surface area is 72.7 Å². The lowest BCUT2D eigenvalue weighted by Crippen LogP contribution is -1.82. The van der Waals surface area contributed by atoms with Gasteiger partial charge in [-0.05, 0) is 28.0 Å². The molecule has 0 spiro atoms. The number of halogens is 4. The smallest absolute Gasteiger partial charge is 0.141 e. The van der Waals surface area contributed by atoms with Crippen molar-refractivity contribution in [3.63, 3.8) is 0 Å². The minimum absolute atomic E-state index is 0.520. The first-order valence-corrected chi connectivity index (χ1v) is 3.43. The topological polar surface area (TPSA) is 0 Å². The van der Waals surface area contributed by atoms with Gasteiger partial charge in [-0.1, -0.05) is 11.6 Å². The fourth-order valence-electron chi connectivity index (χ4n) is 0.430. The predicted octanol–water partition coefficient (Wildman–Crippen LogP) is 3.38. The minimum atomic E-state index is -1.09. The molecule has 0 saturated heterocycles. The summed E-state index contributed by atoms with van der Waals surface area (Å²) < 4.78 is 39.1. The first kappa shape index (κ1) is 5.49. The third kappa shape index (κ3) is 1.47. The lowest BCUT2D eigenvalue weighted by molar-refractivity contribution is 0.572. The predicted molar refractivity (Wildman–Crippen MR) is 39.1 cm³/mol. The molecule has 0 fully saturated rings. The van der Waals surface area contributed by atoms with Gasteiger partial charge < -0.3 is 0 Å². The summed E-state index contributed by atoms with van der Waals surface area (Å²) in [6.45, 7) is 0. The zero-order valence-corrected chi connectivity index (χ0v) is 6.85. The molecule has 0 aliphatic carbocycles. The van der Waals surface area contributed by atoms with Gasteiger partial charge in [0.1, 0.15) is 11.6 Å². The van der Waals surface area contributed by atoms with Gasteiger partial charge in [0.15, 0.2) is 0 Å². The molecule has 0 saturated carbocycles. The highest BCUT2D eigenvalue weighted by Crippen LogP contribution is 2.23. The summed E-state index contributed by atoms with van der Waals surface area (Å²) in [5.41, 5.74) is 0. The maximum Gasteiger partial charge on any atom is 0.141 e. The van der Waals surface area contributed by atoms with Gasteiger partial charge in [0.2, 0.25) is 0 Å². The Balaban J connectivity index is 3.60. The van der Waals surface area contributed by atoms with Gasteiger partial charge >= 0.3 is 0 Å². The van der Waals surface area contributed by atoms with E-state index in [4.69, 9.17) is 14.3 Å². The van der Waals surface area contributed by atoms with E-state index in [1.165, 1.54) is 0 Å². The molecule has 0 bridgehead atoms. The highest BCUT2D eigenvalue weighted by atomic mass is 79.9. The summed E-state index contributed by atoms with van der Waals surface area (Å²) >= 11 is 7.85. The lowest BCUT2D eigenvalue weighted by Gasteiger charge is -1.95. The van der Waals surface area contributed by atoms with E-state index in [1.54, 1.807) is 0 Å². The van der Waals surface area contributed by atoms with Crippen LogP contribution in [0.4, 0.5) is 8.78 Å². The Morgan fingerprint density at radius 3 is 2.20 bits per heavy atom. The third-order valence-electron chi connectivity index (χ3n) is 0.824. The van der Waals surface area contributed by atoms with Gasteiger partial charge in [-0.15, -0.1) is 0 Å². The van der Waals surface area contributed by atoms with E-state index in [-0.39, 0.29) is 0 Å². The van der Waals surface area contributed by atoms with E-state index in [9.17, 15) is 8.78 Å². The van der Waals surface area contributed by atoms with E-state index in [0.29, 0.717) is 0 Å². The van der Waals surface area contributed by atoms with E-state index in [1.807, 2.05) is 0 Å². The highest BCUT2D eigenvalue weighted by molar-refractivity contribution is 9.10. The van der Waals surface area contributed by atoms with Crippen LogP contribution in [0.15, 0.2) is 16.6 Å². The van der Waals surface area contributed by atoms with Crippen LogP contribution in [-0.2, 0) is 0 Å². The maximum atomic E-state index is 12.8. The molecule has 1 aromatic rings. The Bertz CT molecular complexity index is 238. The highest BCUT2D eigenvalue weighted by Gasteiger charge is 2.05. The summed E-state index contributed by atoms with van der Waals surface area (Å²) in [5.74, 6) is -2.18. The Morgan fingerprint density at radius 1 is 1.40 bits per heavy atom. The van der Waals surface area contributed by atoms with Crippen LogP contribution in [0, 0.1) is 11.6 Å². The molecule has 1 rings (SSSR count). The van der Waals surface area contributed by atoms with Crippen LogP contribution >= 0.6 is 27.5 Å². The average Bonchev–Trinajstić information content (AvgIpc) is 2.08. The van der Waals surface area contributed by atoms with Crippen LogP contribution in [0.2, 0.25) is 5.02 Å². The molecule has 4 heteroatoms. The van der Waals surface area contributed by atoms with Crippen molar-refractivity contribution in [2.45, 2.75) is 0 Å². The summed E-state index contributed by atoms with van der Waals surface area (Å²) in [5, 5.41) is -0.520. The Hall–Kier alpha value is -0.150. The summed E-state index contributed by atoms with van der Waals surface area (Å²) in [4.78, 5) is 0. The molecule has 0 amide bonds. The number of benzene rings is 1. The van der Waals surface area contributed by atoms with Gasteiger partial charge in [-0.3, -0.25) is 0 Å². The van der Waals surface area contributed by atoms with E-state index in [2.05, 4.69) is 15.9 Å². The van der Waals surface area contributed by atoms with Crippen molar-refractivity contribution >= 4 is 27.5 Å². The first-order chi connectivity index (χ1) is 5.46. The van der Waals surface area contributed by atoms with Gasteiger partial charge in [0.05, 0.1) is 7.21 Å². The lowest BCUT2D eigenvalue weighted by atomic mass is 10.3. The third-order valence-corrected chi connectivity index (χ3v) is 1.71. The quantitative estimate of drug-likeness (QED) is 0.472. The standard InChI is InChI=1S/C6H2BrClF2/c7-6-4(9)1-3(8)2-5(6)10/h1-2H/i1D,2D. The van der Waals surface area contributed by atoms with E-state index >= 15 is 0 Å². The van der Waals surface area contributed by atoms with Gasteiger partial charge in [0.25, 0.3) is 0 Å². The maximum absolute atomic E-state index is 12.8. The van der Waals surface area contributed by atoms with E-state index < -0.39 is 33.2 Å². The van der Waals surface area contributed by atoms with Gasteiger partial charge in [-0.2, -0.15) is 0 Å². The van der Waals surface area contributed by atoms with Crippen molar-refractivity contribution in [3.8, 4) is 0 Å². The SMILES string of the molecule is [2H]c1c(F)c(Br)c(F)c([2H])c1Cl. The Morgan fingerprint density at radius 2 is 1.80 bits per heavy atom. The van der Waals surface area contributed by atoms with Crippen molar-refractivity contribution in [2.75, 3.05) is 0 Å². The molecule has 0 radical (unpaired) electrons. The van der Waals surface area contributed by atoms with E-state index in [0.717, 1.165) is 0 Å². The first-order valence-electron chi connectivity index (χ1n) is 3.26. The molecule has 10 heavy (non-hydrogen) atoms. The molecule has 0 aliphatic rings. The fourth-order valence-corrected chi connectivity index (χ4v) is 0.794.